The summed E-state index contributed by atoms with van der Waals surface area (Å²) in [5.74, 6) is 2.29. The van der Waals surface area contributed by atoms with E-state index in [1.165, 1.54) is 0 Å². The number of hydrogen-bond acceptors (Lipinski definition) is 10. The lowest BCUT2D eigenvalue weighted by atomic mass is 10.2. The Hall–Kier alpha value is -2.02. The molecule has 2 aliphatic rings. The number of halogens is 2. The molecule has 0 radical (unpaired) electrons. The summed E-state index contributed by atoms with van der Waals surface area (Å²) in [7, 11) is 1.62. The molecule has 0 amide bonds. The zero-order chi connectivity index (χ0) is 21.6. The summed E-state index contributed by atoms with van der Waals surface area (Å²) < 4.78 is 18.1. The highest BCUT2D eigenvalue weighted by Crippen LogP contribution is 2.31. The molecular formula is C19H23Br2N7O3. The van der Waals surface area contributed by atoms with Crippen LogP contribution in [0, 0.1) is 0 Å². The van der Waals surface area contributed by atoms with Crippen molar-refractivity contribution >= 4 is 55.9 Å². The van der Waals surface area contributed by atoms with E-state index in [-0.39, 0.29) is 0 Å². The van der Waals surface area contributed by atoms with Gasteiger partial charge in [0.1, 0.15) is 5.75 Å². The molecule has 2 aliphatic heterocycles. The molecule has 1 aromatic carbocycles. The Balaban J connectivity index is 1.58. The van der Waals surface area contributed by atoms with Crippen LogP contribution in [0.5, 0.6) is 5.75 Å². The van der Waals surface area contributed by atoms with Crippen LogP contribution in [0.1, 0.15) is 5.56 Å². The van der Waals surface area contributed by atoms with Crippen molar-refractivity contribution in [2.24, 2.45) is 5.10 Å². The molecule has 0 saturated carbocycles. The standard InChI is InChI=1S/C19H23Br2N7O3/c1-29-16-13(10-14(20)11-15(16)21)12-22-26-17-23-18(27-2-6-30-7-3-27)25-19(24-17)28-4-8-31-9-5-28/h10-12H,2-9H2,1H3,(H,23,24,25,26)/b22-12+. The fraction of sp³-hybridized carbons (Fsp3) is 0.474. The number of hydrazone groups is 1. The van der Waals surface area contributed by atoms with Gasteiger partial charge in [-0.2, -0.15) is 20.1 Å². The Morgan fingerprint density at radius 2 is 1.55 bits per heavy atom. The number of methoxy groups -OCH3 is 1. The first-order valence-corrected chi connectivity index (χ1v) is 11.5. The second-order valence-corrected chi connectivity index (χ2v) is 8.61. The summed E-state index contributed by atoms with van der Waals surface area (Å²) in [6.07, 6.45) is 1.67. The Kier molecular flexibility index (Phi) is 7.54. The van der Waals surface area contributed by atoms with E-state index in [1.54, 1.807) is 13.3 Å². The van der Waals surface area contributed by atoms with Crippen molar-refractivity contribution in [3.8, 4) is 5.75 Å². The smallest absolute Gasteiger partial charge is 0.250 e. The number of benzene rings is 1. The van der Waals surface area contributed by atoms with E-state index < -0.39 is 0 Å². The molecular weight excluding hydrogens is 534 g/mol. The van der Waals surface area contributed by atoms with Gasteiger partial charge in [-0.3, -0.25) is 0 Å². The lowest BCUT2D eigenvalue weighted by Crippen LogP contribution is -2.40. The number of rotatable bonds is 6. The minimum absolute atomic E-state index is 0.377. The number of anilines is 3. The summed E-state index contributed by atoms with van der Waals surface area (Å²) in [6, 6.07) is 3.83. The summed E-state index contributed by atoms with van der Waals surface area (Å²) in [5.41, 5.74) is 3.75. The van der Waals surface area contributed by atoms with Crippen molar-refractivity contribution < 1.29 is 14.2 Å². The molecule has 2 saturated heterocycles. The van der Waals surface area contributed by atoms with E-state index in [1.807, 2.05) is 12.1 Å². The van der Waals surface area contributed by atoms with Gasteiger partial charge in [0.15, 0.2) is 0 Å². The number of nitrogens with zero attached hydrogens (tertiary/aromatic N) is 6. The molecule has 12 heteroatoms. The van der Waals surface area contributed by atoms with Gasteiger partial charge >= 0.3 is 0 Å². The van der Waals surface area contributed by atoms with Crippen molar-refractivity contribution in [3.63, 3.8) is 0 Å². The van der Waals surface area contributed by atoms with Crippen molar-refractivity contribution in [2.75, 3.05) is 74.9 Å². The number of nitrogens with one attached hydrogen (secondary N) is 1. The minimum Gasteiger partial charge on any atom is -0.495 e. The Bertz CT molecular complexity index is 899. The summed E-state index contributed by atoms with van der Waals surface area (Å²) in [6.45, 7) is 5.54. The van der Waals surface area contributed by atoms with Crippen molar-refractivity contribution in [1.29, 1.82) is 0 Å². The van der Waals surface area contributed by atoms with Gasteiger partial charge in [0.05, 0.1) is 44.2 Å². The van der Waals surface area contributed by atoms with Crippen molar-refractivity contribution in [3.05, 3.63) is 26.6 Å². The van der Waals surface area contributed by atoms with Gasteiger partial charge in [0.2, 0.25) is 17.8 Å². The highest BCUT2D eigenvalue weighted by Gasteiger charge is 2.20. The molecule has 2 fully saturated rings. The number of aromatic nitrogens is 3. The van der Waals surface area contributed by atoms with E-state index in [9.17, 15) is 0 Å². The topological polar surface area (TPSA) is 97.2 Å². The highest BCUT2D eigenvalue weighted by molar-refractivity contribution is 9.11. The summed E-state index contributed by atoms with van der Waals surface area (Å²) in [5, 5.41) is 4.34. The van der Waals surface area contributed by atoms with Gasteiger partial charge in [-0.25, -0.2) is 5.43 Å². The molecule has 31 heavy (non-hydrogen) atoms. The largest absolute Gasteiger partial charge is 0.495 e. The number of ether oxygens (including phenoxy) is 3. The molecule has 4 rings (SSSR count). The molecule has 0 unspecified atom stereocenters. The summed E-state index contributed by atoms with van der Waals surface area (Å²) in [4.78, 5) is 18.0. The fourth-order valence-corrected chi connectivity index (χ4v) is 4.68. The van der Waals surface area contributed by atoms with E-state index >= 15 is 0 Å². The molecule has 0 spiro atoms. The zero-order valence-electron chi connectivity index (χ0n) is 17.1. The van der Waals surface area contributed by atoms with E-state index in [0.717, 1.165) is 40.7 Å². The monoisotopic (exact) mass is 555 g/mol. The summed E-state index contributed by atoms with van der Waals surface area (Å²) >= 11 is 6.99. The third-order valence-electron chi connectivity index (χ3n) is 4.81. The van der Waals surface area contributed by atoms with Crippen molar-refractivity contribution in [1.82, 2.24) is 15.0 Å². The molecule has 0 bridgehead atoms. The van der Waals surface area contributed by atoms with E-state index in [4.69, 9.17) is 19.2 Å². The number of morpholine rings is 2. The predicted molar refractivity (Wildman–Crippen MR) is 126 cm³/mol. The van der Waals surface area contributed by atoms with Crippen LogP contribution in [0.2, 0.25) is 0 Å². The van der Waals surface area contributed by atoms with Crippen LogP contribution in [0.15, 0.2) is 26.2 Å². The lowest BCUT2D eigenvalue weighted by Gasteiger charge is -2.30. The molecule has 1 aromatic heterocycles. The molecule has 0 aliphatic carbocycles. The molecule has 0 atom stereocenters. The van der Waals surface area contributed by atoms with E-state index in [0.29, 0.717) is 50.0 Å². The van der Waals surface area contributed by atoms with Crippen LogP contribution < -0.4 is 20.0 Å². The second-order valence-electron chi connectivity index (χ2n) is 6.84. The quantitative estimate of drug-likeness (QED) is 0.425. The Morgan fingerprint density at radius 1 is 0.968 bits per heavy atom. The Labute approximate surface area is 197 Å². The van der Waals surface area contributed by atoms with Crippen LogP contribution in [0.3, 0.4) is 0 Å². The third kappa shape index (κ3) is 5.62. The van der Waals surface area contributed by atoms with Gasteiger partial charge in [-0.1, -0.05) is 15.9 Å². The van der Waals surface area contributed by atoms with Crippen LogP contribution in [-0.4, -0.2) is 80.9 Å². The average molecular weight is 557 g/mol. The maximum absolute atomic E-state index is 5.47. The fourth-order valence-electron chi connectivity index (χ4n) is 3.26. The van der Waals surface area contributed by atoms with E-state index in [2.05, 4.69) is 62.2 Å². The first kappa shape index (κ1) is 22.2. The van der Waals surface area contributed by atoms with Gasteiger partial charge in [0, 0.05) is 36.2 Å². The van der Waals surface area contributed by atoms with Gasteiger partial charge < -0.3 is 24.0 Å². The average Bonchev–Trinajstić information content (AvgIpc) is 2.80. The maximum atomic E-state index is 5.47. The highest BCUT2D eigenvalue weighted by atomic mass is 79.9. The van der Waals surface area contributed by atoms with Gasteiger partial charge in [0.25, 0.3) is 0 Å². The molecule has 2 aromatic rings. The Morgan fingerprint density at radius 3 is 2.10 bits per heavy atom. The molecule has 166 valence electrons. The predicted octanol–water partition coefficient (Wildman–Crippen LogP) is 2.52. The normalized spacial score (nSPS) is 17.3. The first-order chi connectivity index (χ1) is 15.1. The second kappa shape index (κ2) is 10.5. The first-order valence-electron chi connectivity index (χ1n) is 9.87. The van der Waals surface area contributed by atoms with Crippen LogP contribution >= 0.6 is 31.9 Å². The minimum atomic E-state index is 0.377. The van der Waals surface area contributed by atoms with Crippen molar-refractivity contribution in [2.45, 2.75) is 0 Å². The maximum Gasteiger partial charge on any atom is 0.250 e. The molecule has 1 N–H and O–H groups in total. The number of hydrogen-bond donors (Lipinski definition) is 1. The van der Waals surface area contributed by atoms with Gasteiger partial charge in [-0.05, 0) is 28.1 Å². The van der Waals surface area contributed by atoms with Gasteiger partial charge in [-0.15, -0.1) is 0 Å². The van der Waals surface area contributed by atoms with Crippen LogP contribution in [-0.2, 0) is 9.47 Å². The third-order valence-corrected chi connectivity index (χ3v) is 5.86. The lowest BCUT2D eigenvalue weighted by molar-refractivity contribution is 0.121. The molecule has 10 nitrogen and oxygen atoms in total. The molecule has 3 heterocycles. The van der Waals surface area contributed by atoms with Crippen LogP contribution in [0.25, 0.3) is 0 Å². The zero-order valence-corrected chi connectivity index (χ0v) is 20.2. The van der Waals surface area contributed by atoms with Crippen LogP contribution in [0.4, 0.5) is 17.8 Å². The SMILES string of the molecule is COc1c(Br)cc(Br)cc1/C=N/Nc1nc(N2CCOCC2)nc(N2CCOCC2)n1.